The predicted octanol–water partition coefficient (Wildman–Crippen LogP) is 1.90. The number of halogens is 2. The van der Waals surface area contributed by atoms with Gasteiger partial charge in [0.15, 0.2) is 0 Å². The summed E-state index contributed by atoms with van der Waals surface area (Å²) in [5.74, 6) is -1.28. The molecule has 1 aromatic carbocycles. The maximum Gasteiger partial charge on any atom is 0.387 e. The SMILES string of the molecule is O=C(O)c1nn[nH]c1Oc1ccc(OC(F)F)cc1. The van der Waals surface area contributed by atoms with Gasteiger partial charge >= 0.3 is 12.6 Å². The summed E-state index contributed by atoms with van der Waals surface area (Å²) in [6, 6.07) is 5.19. The molecule has 0 saturated heterocycles. The molecule has 0 fully saturated rings. The third-order valence-corrected chi connectivity index (χ3v) is 1.99. The highest BCUT2D eigenvalue weighted by molar-refractivity contribution is 5.87. The Balaban J connectivity index is 2.11. The summed E-state index contributed by atoms with van der Waals surface area (Å²) in [6.07, 6.45) is 0. The first-order valence-electron chi connectivity index (χ1n) is 4.93. The van der Waals surface area contributed by atoms with Crippen LogP contribution < -0.4 is 9.47 Å². The molecule has 0 bridgehead atoms. The number of carboxylic acid groups (broad SMARTS) is 1. The van der Waals surface area contributed by atoms with Crippen molar-refractivity contribution in [3.05, 3.63) is 30.0 Å². The van der Waals surface area contributed by atoms with E-state index in [4.69, 9.17) is 9.84 Å². The van der Waals surface area contributed by atoms with Crippen molar-refractivity contribution in [1.82, 2.24) is 15.4 Å². The van der Waals surface area contributed by atoms with Crippen molar-refractivity contribution in [3.8, 4) is 17.4 Å². The molecule has 0 radical (unpaired) electrons. The lowest BCUT2D eigenvalue weighted by molar-refractivity contribution is -0.0498. The Labute approximate surface area is 104 Å². The van der Waals surface area contributed by atoms with E-state index in [2.05, 4.69) is 20.1 Å². The van der Waals surface area contributed by atoms with Gasteiger partial charge < -0.3 is 14.6 Å². The van der Waals surface area contributed by atoms with E-state index in [9.17, 15) is 13.6 Å². The molecule has 0 amide bonds. The summed E-state index contributed by atoms with van der Waals surface area (Å²) in [5, 5.41) is 17.6. The number of aromatic carboxylic acids is 1. The third kappa shape index (κ3) is 3.15. The first kappa shape index (κ1) is 12.7. The van der Waals surface area contributed by atoms with Crippen LogP contribution >= 0.6 is 0 Å². The van der Waals surface area contributed by atoms with Crippen LogP contribution in [0.4, 0.5) is 8.78 Å². The standard InChI is InChI=1S/C10H7F2N3O4/c11-10(12)19-6-3-1-5(2-4-6)18-8-7(9(16)17)13-15-14-8/h1-4,10H,(H,16,17)(H,13,14,15). The molecule has 0 aliphatic carbocycles. The Kier molecular flexibility index (Phi) is 3.55. The summed E-state index contributed by atoms with van der Waals surface area (Å²) in [6.45, 7) is -2.91. The summed E-state index contributed by atoms with van der Waals surface area (Å²) in [7, 11) is 0. The zero-order valence-corrected chi connectivity index (χ0v) is 9.21. The Hall–Kier alpha value is -2.71. The minimum Gasteiger partial charge on any atom is -0.476 e. The number of benzene rings is 1. The van der Waals surface area contributed by atoms with Gasteiger partial charge in [0, 0.05) is 0 Å². The molecule has 0 saturated carbocycles. The Morgan fingerprint density at radius 2 is 1.89 bits per heavy atom. The quantitative estimate of drug-likeness (QED) is 0.861. The lowest BCUT2D eigenvalue weighted by atomic mass is 10.3. The average molecular weight is 271 g/mol. The second-order valence-corrected chi connectivity index (χ2v) is 3.25. The number of carbonyl (C=O) groups is 1. The molecule has 0 aliphatic heterocycles. The van der Waals surface area contributed by atoms with Crippen LogP contribution in [0.2, 0.25) is 0 Å². The van der Waals surface area contributed by atoms with Crippen molar-refractivity contribution in [2.45, 2.75) is 6.61 Å². The first-order valence-corrected chi connectivity index (χ1v) is 4.93. The fourth-order valence-corrected chi connectivity index (χ4v) is 1.24. The molecule has 19 heavy (non-hydrogen) atoms. The molecule has 2 N–H and O–H groups in total. The number of carboxylic acids is 1. The number of hydrogen-bond acceptors (Lipinski definition) is 5. The van der Waals surface area contributed by atoms with E-state index in [1.807, 2.05) is 0 Å². The number of nitrogens with one attached hydrogen (secondary N) is 1. The van der Waals surface area contributed by atoms with Crippen LogP contribution in [0.15, 0.2) is 24.3 Å². The van der Waals surface area contributed by atoms with Gasteiger partial charge in [0.2, 0.25) is 5.69 Å². The van der Waals surface area contributed by atoms with E-state index >= 15 is 0 Å². The van der Waals surface area contributed by atoms with Crippen LogP contribution in [0.5, 0.6) is 17.4 Å². The van der Waals surface area contributed by atoms with Gasteiger partial charge in [-0.25, -0.2) is 9.89 Å². The lowest BCUT2D eigenvalue weighted by Crippen LogP contribution is -2.02. The number of aromatic amines is 1. The van der Waals surface area contributed by atoms with E-state index in [-0.39, 0.29) is 23.1 Å². The highest BCUT2D eigenvalue weighted by atomic mass is 19.3. The molecule has 7 nitrogen and oxygen atoms in total. The van der Waals surface area contributed by atoms with Crippen molar-refractivity contribution in [2.24, 2.45) is 0 Å². The summed E-state index contributed by atoms with van der Waals surface area (Å²) in [4.78, 5) is 10.7. The number of nitrogens with zero attached hydrogens (tertiary/aromatic N) is 2. The summed E-state index contributed by atoms with van der Waals surface area (Å²) >= 11 is 0. The van der Waals surface area contributed by atoms with Crippen molar-refractivity contribution in [2.75, 3.05) is 0 Å². The van der Waals surface area contributed by atoms with E-state index in [1.54, 1.807) is 0 Å². The number of alkyl halides is 2. The smallest absolute Gasteiger partial charge is 0.387 e. The number of ether oxygens (including phenoxy) is 2. The minimum absolute atomic E-state index is 0.0384. The van der Waals surface area contributed by atoms with Crippen LogP contribution in [0.1, 0.15) is 10.5 Å². The fourth-order valence-electron chi connectivity index (χ4n) is 1.24. The Morgan fingerprint density at radius 1 is 1.26 bits per heavy atom. The van der Waals surface area contributed by atoms with Crippen LogP contribution in [0.25, 0.3) is 0 Å². The molecule has 0 spiro atoms. The van der Waals surface area contributed by atoms with Gasteiger partial charge in [-0.05, 0) is 24.3 Å². The average Bonchev–Trinajstić information content (AvgIpc) is 2.79. The highest BCUT2D eigenvalue weighted by Crippen LogP contribution is 2.24. The maximum absolute atomic E-state index is 11.9. The van der Waals surface area contributed by atoms with Crippen LogP contribution in [-0.4, -0.2) is 33.1 Å². The largest absolute Gasteiger partial charge is 0.476 e. The first-order chi connectivity index (χ1) is 9.06. The molecule has 2 aromatic rings. The minimum atomic E-state index is -2.91. The van der Waals surface area contributed by atoms with Crippen molar-refractivity contribution in [1.29, 1.82) is 0 Å². The van der Waals surface area contributed by atoms with Crippen LogP contribution in [-0.2, 0) is 0 Å². The van der Waals surface area contributed by atoms with E-state index in [0.29, 0.717) is 0 Å². The van der Waals surface area contributed by atoms with E-state index in [1.165, 1.54) is 24.3 Å². The van der Waals surface area contributed by atoms with Gasteiger partial charge in [-0.2, -0.15) is 8.78 Å². The van der Waals surface area contributed by atoms with Crippen molar-refractivity contribution >= 4 is 5.97 Å². The molecule has 100 valence electrons. The molecule has 1 aromatic heterocycles. The molecule has 1 heterocycles. The number of hydrogen-bond donors (Lipinski definition) is 2. The molecule has 9 heteroatoms. The number of rotatable bonds is 5. The van der Waals surface area contributed by atoms with Gasteiger partial charge in [-0.3, -0.25) is 0 Å². The van der Waals surface area contributed by atoms with E-state index < -0.39 is 12.6 Å². The topological polar surface area (TPSA) is 97.3 Å². The maximum atomic E-state index is 11.9. The monoisotopic (exact) mass is 271 g/mol. The second kappa shape index (κ2) is 5.29. The molecule has 0 atom stereocenters. The number of H-pyrrole nitrogens is 1. The van der Waals surface area contributed by atoms with Crippen molar-refractivity contribution < 1.29 is 28.2 Å². The van der Waals surface area contributed by atoms with Crippen LogP contribution in [0, 0.1) is 0 Å². The summed E-state index contributed by atoms with van der Waals surface area (Å²) < 4.78 is 33.2. The summed E-state index contributed by atoms with van der Waals surface area (Å²) in [5.41, 5.74) is -0.382. The molecule has 0 aliphatic rings. The zero-order valence-electron chi connectivity index (χ0n) is 9.21. The number of aromatic nitrogens is 3. The fraction of sp³-hybridized carbons (Fsp3) is 0.100. The normalized spacial score (nSPS) is 10.5. The Bertz CT molecular complexity index is 570. The van der Waals surface area contributed by atoms with Gasteiger partial charge in [-0.15, -0.1) is 5.10 Å². The van der Waals surface area contributed by atoms with Gasteiger partial charge in [0.05, 0.1) is 0 Å². The molecular formula is C10H7F2N3O4. The zero-order chi connectivity index (χ0) is 13.8. The van der Waals surface area contributed by atoms with Crippen LogP contribution in [0.3, 0.4) is 0 Å². The second-order valence-electron chi connectivity index (χ2n) is 3.25. The van der Waals surface area contributed by atoms with E-state index in [0.717, 1.165) is 0 Å². The molecule has 2 rings (SSSR count). The highest BCUT2D eigenvalue weighted by Gasteiger charge is 2.16. The van der Waals surface area contributed by atoms with Gasteiger partial charge in [0.1, 0.15) is 11.5 Å². The predicted molar refractivity (Wildman–Crippen MR) is 56.5 cm³/mol. The molecule has 0 unspecified atom stereocenters. The molecular weight excluding hydrogens is 264 g/mol. The van der Waals surface area contributed by atoms with Gasteiger partial charge in [0.25, 0.3) is 5.88 Å². The van der Waals surface area contributed by atoms with Gasteiger partial charge in [-0.1, -0.05) is 5.21 Å². The third-order valence-electron chi connectivity index (χ3n) is 1.99. The lowest BCUT2D eigenvalue weighted by Gasteiger charge is -2.06. The van der Waals surface area contributed by atoms with Crippen molar-refractivity contribution in [3.63, 3.8) is 0 Å². The Morgan fingerprint density at radius 3 is 2.47 bits per heavy atom.